The molecule has 5 nitrogen and oxygen atoms in total. The van der Waals surface area contributed by atoms with Crippen LogP contribution in [0.5, 0.6) is 11.5 Å². The average molecular weight is 391 g/mol. The number of hydrogen-bond donors (Lipinski definition) is 1. The Labute approximate surface area is 171 Å². The van der Waals surface area contributed by atoms with Crippen LogP contribution in [0.4, 0.5) is 5.69 Å². The highest BCUT2D eigenvalue weighted by atomic mass is 16.5. The van der Waals surface area contributed by atoms with Gasteiger partial charge in [-0.2, -0.15) is 0 Å². The molecule has 0 amide bonds. The molecule has 1 atom stereocenters. The summed E-state index contributed by atoms with van der Waals surface area (Å²) in [5.74, 6) is 1.00. The smallest absolute Gasteiger partial charge is 0.340 e. The third-order valence-corrected chi connectivity index (χ3v) is 4.54. The first kappa shape index (κ1) is 20.3. The average Bonchev–Trinajstić information content (AvgIpc) is 2.78. The van der Waals surface area contributed by atoms with E-state index >= 15 is 0 Å². The van der Waals surface area contributed by atoms with E-state index < -0.39 is 11.5 Å². The van der Waals surface area contributed by atoms with E-state index in [1.807, 2.05) is 84.9 Å². The van der Waals surface area contributed by atoms with Gasteiger partial charge in [-0.3, -0.25) is 0 Å². The Morgan fingerprint density at radius 1 is 0.862 bits per heavy atom. The van der Waals surface area contributed by atoms with Crippen molar-refractivity contribution >= 4 is 11.7 Å². The van der Waals surface area contributed by atoms with Gasteiger partial charge in [-0.1, -0.05) is 48.5 Å². The number of hydrogen-bond acceptors (Lipinski definition) is 5. The van der Waals surface area contributed by atoms with Gasteiger partial charge in [0.05, 0.1) is 13.7 Å². The summed E-state index contributed by atoms with van der Waals surface area (Å²) in [7, 11) is 1.61. The van der Waals surface area contributed by atoms with Gasteiger partial charge < -0.3 is 19.5 Å². The summed E-state index contributed by atoms with van der Waals surface area (Å²) in [4.78, 5) is 13.2. The fourth-order valence-electron chi connectivity index (χ4n) is 3.03. The van der Waals surface area contributed by atoms with Crippen molar-refractivity contribution in [2.45, 2.75) is 12.5 Å². The Morgan fingerprint density at radius 2 is 1.48 bits per heavy atom. The number of carbonyl (C=O) groups is 1. The van der Waals surface area contributed by atoms with Crippen LogP contribution in [-0.4, -0.2) is 26.3 Å². The Morgan fingerprint density at radius 3 is 2.07 bits per heavy atom. The van der Waals surface area contributed by atoms with Gasteiger partial charge in [0.2, 0.25) is 0 Å². The maximum Gasteiger partial charge on any atom is 0.340 e. The second-order valence-electron chi connectivity index (χ2n) is 6.45. The topological polar surface area (TPSA) is 56.8 Å². The second-order valence-corrected chi connectivity index (χ2v) is 6.45. The normalized spacial score (nSPS) is 12.5. The lowest BCUT2D eigenvalue weighted by Gasteiger charge is -2.33. The van der Waals surface area contributed by atoms with Crippen molar-refractivity contribution in [3.8, 4) is 11.5 Å². The third-order valence-electron chi connectivity index (χ3n) is 4.54. The number of carbonyl (C=O) groups excluding carboxylic acids is 1. The number of rotatable bonds is 9. The van der Waals surface area contributed by atoms with Crippen LogP contribution in [-0.2, 0) is 15.1 Å². The molecule has 0 radical (unpaired) electrons. The molecule has 29 heavy (non-hydrogen) atoms. The molecule has 0 heterocycles. The van der Waals surface area contributed by atoms with Crippen LogP contribution >= 0.6 is 0 Å². The van der Waals surface area contributed by atoms with Crippen molar-refractivity contribution in [2.24, 2.45) is 0 Å². The molecule has 3 rings (SSSR count). The first-order valence-corrected chi connectivity index (χ1v) is 9.51. The van der Waals surface area contributed by atoms with Crippen molar-refractivity contribution in [2.75, 3.05) is 25.6 Å². The van der Waals surface area contributed by atoms with Crippen LogP contribution in [0.1, 0.15) is 12.5 Å². The van der Waals surface area contributed by atoms with E-state index in [-0.39, 0.29) is 13.2 Å². The summed E-state index contributed by atoms with van der Waals surface area (Å²) in [5.41, 5.74) is 0.284. The molecule has 5 heteroatoms. The highest BCUT2D eigenvalue weighted by Gasteiger charge is 2.43. The molecule has 0 saturated heterocycles. The second kappa shape index (κ2) is 9.64. The Bertz CT molecular complexity index is 897. The van der Waals surface area contributed by atoms with Crippen molar-refractivity contribution in [1.29, 1.82) is 0 Å². The van der Waals surface area contributed by atoms with Crippen LogP contribution in [0, 0.1) is 0 Å². The molecule has 0 fully saturated rings. The van der Waals surface area contributed by atoms with Crippen LogP contribution in [0.2, 0.25) is 0 Å². The Hall–Kier alpha value is -3.47. The first-order valence-electron chi connectivity index (χ1n) is 9.51. The van der Waals surface area contributed by atoms with Gasteiger partial charge in [0, 0.05) is 5.69 Å². The number of para-hydroxylation sites is 1. The number of esters is 1. The lowest BCUT2D eigenvalue weighted by Crippen LogP contribution is -2.49. The molecule has 3 aromatic carbocycles. The van der Waals surface area contributed by atoms with E-state index in [9.17, 15) is 4.79 Å². The van der Waals surface area contributed by atoms with Crippen molar-refractivity contribution < 1.29 is 19.0 Å². The van der Waals surface area contributed by atoms with E-state index in [0.29, 0.717) is 5.75 Å². The number of ether oxygens (including phenoxy) is 3. The van der Waals surface area contributed by atoms with Gasteiger partial charge in [0.25, 0.3) is 0 Å². The van der Waals surface area contributed by atoms with Gasteiger partial charge in [0.15, 0.2) is 5.54 Å². The lowest BCUT2D eigenvalue weighted by atomic mass is 9.90. The molecular formula is C24H25NO4. The largest absolute Gasteiger partial charge is 0.497 e. The van der Waals surface area contributed by atoms with Crippen LogP contribution in [0.25, 0.3) is 0 Å². The van der Waals surface area contributed by atoms with Gasteiger partial charge >= 0.3 is 5.97 Å². The van der Waals surface area contributed by atoms with E-state index in [1.165, 1.54) is 0 Å². The van der Waals surface area contributed by atoms with Crippen LogP contribution in [0.3, 0.4) is 0 Å². The summed E-state index contributed by atoms with van der Waals surface area (Å²) in [6.07, 6.45) is 0. The van der Waals surface area contributed by atoms with E-state index in [1.54, 1.807) is 14.0 Å². The highest BCUT2D eigenvalue weighted by Crippen LogP contribution is 2.30. The van der Waals surface area contributed by atoms with Crippen molar-refractivity contribution in [3.63, 3.8) is 0 Å². The number of nitrogens with one attached hydrogen (secondary N) is 1. The summed E-state index contributed by atoms with van der Waals surface area (Å²) < 4.78 is 16.7. The quantitative estimate of drug-likeness (QED) is 0.538. The highest BCUT2D eigenvalue weighted by molar-refractivity contribution is 5.86. The molecule has 1 N–H and O–H groups in total. The zero-order valence-electron chi connectivity index (χ0n) is 16.6. The van der Waals surface area contributed by atoms with Gasteiger partial charge in [-0.15, -0.1) is 0 Å². The van der Waals surface area contributed by atoms with E-state index in [4.69, 9.17) is 14.2 Å². The number of methoxy groups -OCH3 is 1. The predicted molar refractivity (Wildman–Crippen MR) is 113 cm³/mol. The van der Waals surface area contributed by atoms with Crippen molar-refractivity contribution in [1.82, 2.24) is 0 Å². The summed E-state index contributed by atoms with van der Waals surface area (Å²) >= 11 is 0. The van der Waals surface area contributed by atoms with Gasteiger partial charge in [-0.05, 0) is 48.9 Å². The van der Waals surface area contributed by atoms with Gasteiger partial charge in [0.1, 0.15) is 18.1 Å². The molecule has 150 valence electrons. The molecule has 0 spiro atoms. The van der Waals surface area contributed by atoms with E-state index in [0.717, 1.165) is 17.0 Å². The number of anilines is 1. The monoisotopic (exact) mass is 391 g/mol. The van der Waals surface area contributed by atoms with Gasteiger partial charge in [-0.25, -0.2) is 4.79 Å². The predicted octanol–water partition coefficient (Wildman–Crippen LogP) is 4.64. The first-order chi connectivity index (χ1) is 14.2. The molecule has 1 unspecified atom stereocenters. The van der Waals surface area contributed by atoms with Crippen LogP contribution in [0.15, 0.2) is 84.9 Å². The molecule has 0 saturated carbocycles. The van der Waals surface area contributed by atoms with Crippen LogP contribution < -0.4 is 14.8 Å². The SMILES string of the molecule is CCOC(=O)C(COc1ccccc1)(Nc1ccc(OC)cc1)c1ccccc1. The van der Waals surface area contributed by atoms with E-state index in [2.05, 4.69) is 5.32 Å². The molecule has 0 bridgehead atoms. The summed E-state index contributed by atoms with van der Waals surface area (Å²) in [5, 5.41) is 3.36. The molecule has 0 aromatic heterocycles. The maximum atomic E-state index is 13.2. The van der Waals surface area contributed by atoms with Crippen molar-refractivity contribution in [3.05, 3.63) is 90.5 Å². The molecule has 0 aliphatic heterocycles. The maximum absolute atomic E-state index is 13.2. The zero-order valence-corrected chi connectivity index (χ0v) is 16.6. The zero-order chi connectivity index (χ0) is 20.5. The fraction of sp³-hybridized carbons (Fsp3) is 0.208. The minimum atomic E-state index is -1.22. The molecular weight excluding hydrogens is 366 g/mol. The Balaban J connectivity index is 2.01. The fourth-order valence-corrected chi connectivity index (χ4v) is 3.03. The minimum absolute atomic E-state index is 0.0614. The lowest BCUT2D eigenvalue weighted by molar-refractivity contribution is -0.150. The molecule has 0 aliphatic carbocycles. The minimum Gasteiger partial charge on any atom is -0.497 e. The Kier molecular flexibility index (Phi) is 6.74. The standard InChI is InChI=1S/C24H25NO4/c1-3-28-23(26)24(19-10-6-4-7-11-19,18-29-22-12-8-5-9-13-22)25-20-14-16-21(27-2)17-15-20/h4-17,25H,3,18H2,1-2H3. The summed E-state index contributed by atoms with van der Waals surface area (Å²) in [6, 6.07) is 26.3. The third kappa shape index (κ3) is 4.88. The number of benzene rings is 3. The summed E-state index contributed by atoms with van der Waals surface area (Å²) in [6.45, 7) is 2.12. The molecule has 3 aromatic rings. The molecule has 0 aliphatic rings.